The maximum Gasteiger partial charge on any atom is 0.246 e. The van der Waals surface area contributed by atoms with Crippen LogP contribution in [-0.2, 0) is 9.59 Å². The summed E-state index contributed by atoms with van der Waals surface area (Å²) in [6, 6.07) is 13.2. The highest BCUT2D eigenvalue weighted by molar-refractivity contribution is 6.35. The van der Waals surface area contributed by atoms with Gasteiger partial charge in [-0.3, -0.25) is 19.8 Å². The number of aromatic amines is 2. The Kier molecular flexibility index (Phi) is 15.3. The lowest BCUT2D eigenvalue weighted by Crippen LogP contribution is -2.48. The molecule has 18 nitrogen and oxygen atoms in total. The van der Waals surface area contributed by atoms with Crippen LogP contribution in [0.5, 0.6) is 0 Å². The number of piperazine rings is 2. The van der Waals surface area contributed by atoms with E-state index in [1.54, 1.807) is 34.3 Å². The maximum atomic E-state index is 16.8. The van der Waals surface area contributed by atoms with Crippen LogP contribution in [0.2, 0.25) is 10.0 Å². The fourth-order valence-electron chi connectivity index (χ4n) is 12.9. The number of amides is 2. The lowest BCUT2D eigenvalue weighted by molar-refractivity contribution is -0.127. The minimum atomic E-state index is -0.481. The summed E-state index contributed by atoms with van der Waals surface area (Å²) in [5, 5.41) is 24.7. The van der Waals surface area contributed by atoms with Crippen LogP contribution >= 0.6 is 23.2 Å². The van der Waals surface area contributed by atoms with Crippen molar-refractivity contribution in [3.8, 4) is 22.3 Å². The zero-order valence-electron chi connectivity index (χ0n) is 47.3. The van der Waals surface area contributed by atoms with E-state index < -0.39 is 11.6 Å². The quantitative estimate of drug-likeness (QED) is 0.0847. The molecule has 8 aromatic rings. The lowest BCUT2D eigenvalue weighted by Gasteiger charge is -2.36. The van der Waals surface area contributed by atoms with E-state index in [1.165, 1.54) is 37.8 Å². The monoisotopic (exact) mass is 1180 g/mol. The fraction of sp³-hybridized carbons (Fsp3) is 0.419. The smallest absolute Gasteiger partial charge is 0.246 e. The predicted molar refractivity (Wildman–Crippen MR) is 329 cm³/mol. The zero-order chi connectivity index (χ0) is 57.9. The van der Waals surface area contributed by atoms with Crippen LogP contribution in [0.15, 0.2) is 74.1 Å². The molecule has 4 aliphatic heterocycles. The van der Waals surface area contributed by atoms with Gasteiger partial charge in [0.25, 0.3) is 0 Å². The standard InChI is InChI=1S/2C31H34ClFN8O/c2*1-3-25(42)40-12-14-41(15-13-40)30-21-16-23(32)27(26-18(2)4-7-24-22(26)17-34-38-24)28(33)29(21)36-31(37-30)35-19-8-10-39(11-9-19)20-5-6-20/h2*3-4,7,16-17,19-20H,1,5-6,8-15H2,2H3,(H,34,38)(H,35,36,37). The second kappa shape index (κ2) is 23.2. The molecule has 8 heterocycles. The van der Waals surface area contributed by atoms with E-state index in [0.29, 0.717) is 109 Å². The average molecular weight is 1180 g/mol. The largest absolute Gasteiger partial charge is 0.352 e. The molecule has 4 N–H and O–H groups in total. The van der Waals surface area contributed by atoms with Crippen molar-refractivity contribution < 1.29 is 18.4 Å². The highest BCUT2D eigenvalue weighted by Gasteiger charge is 2.35. The molecule has 436 valence electrons. The first kappa shape index (κ1) is 55.7. The first-order valence-electron chi connectivity index (χ1n) is 29.4. The molecule has 2 amide bonds. The summed E-state index contributed by atoms with van der Waals surface area (Å²) in [5.41, 5.74) is 5.86. The van der Waals surface area contributed by atoms with Gasteiger partial charge in [0.15, 0.2) is 11.6 Å². The molecule has 6 fully saturated rings. The molecule has 14 rings (SSSR count). The van der Waals surface area contributed by atoms with E-state index in [0.717, 1.165) is 96.9 Å². The summed E-state index contributed by atoms with van der Waals surface area (Å²) in [6.07, 6.45) is 15.3. The number of benzene rings is 4. The number of fused-ring (bicyclic) bond motifs is 4. The molecule has 0 bridgehead atoms. The van der Waals surface area contributed by atoms with Crippen molar-refractivity contribution in [3.63, 3.8) is 0 Å². The molecule has 2 saturated carbocycles. The van der Waals surface area contributed by atoms with E-state index in [1.807, 2.05) is 38.1 Å². The van der Waals surface area contributed by atoms with Crippen molar-refractivity contribution in [1.29, 1.82) is 0 Å². The Morgan fingerprint density at radius 3 is 1.27 bits per heavy atom. The number of hydrogen-bond donors (Lipinski definition) is 4. The number of anilines is 4. The summed E-state index contributed by atoms with van der Waals surface area (Å²) < 4.78 is 33.5. The van der Waals surface area contributed by atoms with Crippen LogP contribution in [0.3, 0.4) is 0 Å². The third-order valence-electron chi connectivity index (χ3n) is 17.9. The molecule has 0 spiro atoms. The van der Waals surface area contributed by atoms with Gasteiger partial charge in [-0.2, -0.15) is 20.2 Å². The number of piperidine rings is 2. The van der Waals surface area contributed by atoms with Crippen molar-refractivity contribution in [3.05, 3.63) is 107 Å². The number of nitrogens with zero attached hydrogens (tertiary/aromatic N) is 12. The number of hydrogen-bond acceptors (Lipinski definition) is 14. The van der Waals surface area contributed by atoms with Gasteiger partial charge in [0.05, 0.1) is 33.5 Å². The van der Waals surface area contributed by atoms with Gasteiger partial charge < -0.3 is 40.0 Å². The maximum absolute atomic E-state index is 16.8. The minimum absolute atomic E-state index is 0.0929. The van der Waals surface area contributed by atoms with Crippen LogP contribution in [0, 0.1) is 25.5 Å². The molecule has 6 aliphatic rings. The minimum Gasteiger partial charge on any atom is -0.352 e. The fourth-order valence-corrected chi connectivity index (χ4v) is 13.5. The molecule has 4 saturated heterocycles. The number of nitrogens with one attached hydrogen (secondary N) is 4. The van der Waals surface area contributed by atoms with E-state index in [-0.39, 0.29) is 45.0 Å². The Morgan fingerprint density at radius 2 is 0.917 bits per heavy atom. The van der Waals surface area contributed by atoms with Gasteiger partial charge >= 0.3 is 0 Å². The molecule has 0 radical (unpaired) electrons. The number of carbonyl (C=O) groups excluding carboxylic acids is 2. The summed E-state index contributed by atoms with van der Waals surface area (Å²) >= 11 is 13.8. The van der Waals surface area contributed by atoms with Crippen molar-refractivity contribution >= 4 is 102 Å². The number of likely N-dealkylation sites (tertiary alicyclic amines) is 2. The molecule has 4 aromatic carbocycles. The Balaban J connectivity index is 0.000000157. The summed E-state index contributed by atoms with van der Waals surface area (Å²) in [6.45, 7) is 19.6. The third kappa shape index (κ3) is 10.9. The number of H-pyrrole nitrogens is 2. The molecule has 22 heteroatoms. The van der Waals surface area contributed by atoms with E-state index in [2.05, 4.69) is 63.8 Å². The Hall–Kier alpha value is -7.52. The number of aromatic nitrogens is 8. The highest BCUT2D eigenvalue weighted by atomic mass is 35.5. The van der Waals surface area contributed by atoms with E-state index >= 15 is 8.78 Å². The normalized spacial score (nSPS) is 18.6. The summed E-state index contributed by atoms with van der Waals surface area (Å²) in [7, 11) is 0. The molecule has 2 aliphatic carbocycles. The summed E-state index contributed by atoms with van der Waals surface area (Å²) in [4.78, 5) is 56.7. The van der Waals surface area contributed by atoms with E-state index in [9.17, 15) is 9.59 Å². The Morgan fingerprint density at radius 1 is 0.536 bits per heavy atom. The molecule has 84 heavy (non-hydrogen) atoms. The number of rotatable bonds is 12. The topological polar surface area (TPSA) is 187 Å². The third-order valence-corrected chi connectivity index (χ3v) is 18.5. The van der Waals surface area contributed by atoms with Gasteiger partial charge in [-0.15, -0.1) is 0 Å². The van der Waals surface area contributed by atoms with Gasteiger partial charge in [0.1, 0.15) is 22.7 Å². The van der Waals surface area contributed by atoms with Crippen LogP contribution in [0.4, 0.5) is 32.3 Å². The van der Waals surface area contributed by atoms with Crippen LogP contribution < -0.4 is 20.4 Å². The van der Waals surface area contributed by atoms with Gasteiger partial charge in [-0.05, 0) is 113 Å². The molecule has 0 unspecified atom stereocenters. The molecular formula is C62H68Cl2F2N16O2. The SMILES string of the molecule is C=CC(=O)N1CCN(c2nc(NC3CCN(C4CC4)CC3)nc3c(F)c(-c4c(C)ccc5[nH]ncc45)c(Cl)cc23)CC1.C=CC(=O)N1CCN(c2nc(NC3CCN(C4CC4)CC3)nc3c(F)c(-c4c(C)ccc5[nH]ncc45)c(Cl)cc23)CC1. The van der Waals surface area contributed by atoms with Crippen LogP contribution in [-0.4, -0.2) is 174 Å². The Bertz CT molecular complexity index is 3620. The van der Waals surface area contributed by atoms with Crippen LogP contribution in [0.25, 0.3) is 65.9 Å². The van der Waals surface area contributed by atoms with Gasteiger partial charge in [0.2, 0.25) is 23.7 Å². The molecular weight excluding hydrogens is 1110 g/mol. The van der Waals surface area contributed by atoms with Crippen molar-refractivity contribution in [2.45, 2.75) is 89.4 Å². The average Bonchev–Trinajstić information content (AvgIpc) is 3.84. The molecule has 0 atom stereocenters. The number of halogens is 4. The number of carbonyl (C=O) groups is 2. The second-order valence-electron chi connectivity index (χ2n) is 23.2. The molecule has 4 aromatic heterocycles. The van der Waals surface area contributed by atoms with Crippen molar-refractivity contribution in [2.75, 3.05) is 99.0 Å². The highest BCUT2D eigenvalue weighted by Crippen LogP contribution is 2.45. The zero-order valence-corrected chi connectivity index (χ0v) is 48.8. The first-order valence-corrected chi connectivity index (χ1v) is 30.2. The lowest BCUT2D eigenvalue weighted by atomic mass is 9.95. The van der Waals surface area contributed by atoms with Crippen molar-refractivity contribution in [1.82, 2.24) is 59.9 Å². The second-order valence-corrected chi connectivity index (χ2v) is 24.0. The van der Waals surface area contributed by atoms with Crippen LogP contribution in [0.1, 0.15) is 62.5 Å². The Labute approximate surface area is 495 Å². The number of aryl methyl sites for hydroxylation is 2. The predicted octanol–water partition coefficient (Wildman–Crippen LogP) is 10.3. The van der Waals surface area contributed by atoms with Gasteiger partial charge in [-0.1, -0.05) is 48.5 Å². The van der Waals surface area contributed by atoms with E-state index in [4.69, 9.17) is 43.1 Å². The summed E-state index contributed by atoms with van der Waals surface area (Å²) in [5.74, 6) is 0.919. The first-order chi connectivity index (χ1) is 40.8. The van der Waals surface area contributed by atoms with Gasteiger partial charge in [0, 0.05) is 147 Å². The van der Waals surface area contributed by atoms with Gasteiger partial charge in [-0.25, -0.2) is 18.7 Å². The van der Waals surface area contributed by atoms with Crippen molar-refractivity contribution in [2.24, 2.45) is 0 Å².